The molecule has 0 bridgehead atoms. The number of aromatic nitrogens is 2. The Labute approximate surface area is 159 Å². The van der Waals surface area contributed by atoms with E-state index in [4.69, 9.17) is 13.6 Å². The lowest BCUT2D eigenvalue weighted by Crippen LogP contribution is -2.07. The van der Waals surface area contributed by atoms with Gasteiger partial charge in [0.15, 0.2) is 5.58 Å². The molecule has 0 aliphatic rings. The number of hydrogen-bond donors (Lipinski definition) is 0. The third-order valence-corrected chi connectivity index (χ3v) is 4.62. The molecule has 4 rings (SSSR count). The number of oxazole rings is 2. The van der Waals surface area contributed by atoms with E-state index in [1.54, 1.807) is 0 Å². The molecule has 0 saturated carbocycles. The van der Waals surface area contributed by atoms with Crippen molar-refractivity contribution in [2.75, 3.05) is 5.75 Å². The van der Waals surface area contributed by atoms with E-state index in [1.807, 2.05) is 55.5 Å². The van der Waals surface area contributed by atoms with Crippen LogP contribution in [-0.2, 0) is 16.1 Å². The van der Waals surface area contributed by atoms with Crippen LogP contribution in [0.4, 0.5) is 0 Å². The minimum Gasteiger partial charge on any atom is -0.458 e. The number of para-hydroxylation sites is 2. The molecular formula is C20H16N2O4S. The molecule has 136 valence electrons. The Kier molecular flexibility index (Phi) is 4.93. The molecule has 7 heteroatoms. The number of nitrogens with zero attached hydrogens (tertiary/aromatic N) is 2. The summed E-state index contributed by atoms with van der Waals surface area (Å²) in [5, 5.41) is 0.441. The van der Waals surface area contributed by atoms with Gasteiger partial charge in [-0.05, 0) is 31.2 Å². The van der Waals surface area contributed by atoms with Crippen LogP contribution in [0.5, 0.6) is 0 Å². The van der Waals surface area contributed by atoms with Crippen molar-refractivity contribution in [3.05, 3.63) is 66.1 Å². The number of rotatable bonds is 6. The van der Waals surface area contributed by atoms with Crippen LogP contribution in [0.15, 0.2) is 68.9 Å². The van der Waals surface area contributed by atoms with Gasteiger partial charge in [-0.25, -0.2) is 9.97 Å². The maximum absolute atomic E-state index is 11.9. The first-order valence-corrected chi connectivity index (χ1v) is 9.31. The van der Waals surface area contributed by atoms with E-state index in [-0.39, 0.29) is 18.3 Å². The quantitative estimate of drug-likeness (QED) is 0.356. The predicted octanol–water partition coefficient (Wildman–Crippen LogP) is 4.63. The standard InChI is InChI=1S/C20H16N2O4S/c1-13-6-8-14(9-7-13)19-21-15(11-25-19)10-24-18(23)12-27-20-22-16-4-2-3-5-17(16)26-20/h2-9,11H,10,12H2,1H3. The molecule has 0 spiro atoms. The van der Waals surface area contributed by atoms with Gasteiger partial charge in [0.25, 0.3) is 5.22 Å². The average Bonchev–Trinajstić information content (AvgIpc) is 3.32. The number of hydrogen-bond acceptors (Lipinski definition) is 7. The predicted molar refractivity (Wildman–Crippen MR) is 101 cm³/mol. The number of aryl methyl sites for hydroxylation is 1. The van der Waals surface area contributed by atoms with Crippen LogP contribution in [0, 0.1) is 6.92 Å². The second-order valence-corrected chi connectivity index (χ2v) is 6.83. The molecule has 4 aromatic rings. The Balaban J connectivity index is 1.29. The van der Waals surface area contributed by atoms with Gasteiger partial charge in [0, 0.05) is 5.56 Å². The summed E-state index contributed by atoms with van der Waals surface area (Å²) >= 11 is 1.20. The van der Waals surface area contributed by atoms with E-state index >= 15 is 0 Å². The Hall–Kier alpha value is -3.06. The molecule has 2 heterocycles. The highest BCUT2D eigenvalue weighted by molar-refractivity contribution is 7.99. The zero-order valence-corrected chi connectivity index (χ0v) is 15.4. The van der Waals surface area contributed by atoms with E-state index in [9.17, 15) is 4.79 Å². The van der Waals surface area contributed by atoms with Gasteiger partial charge >= 0.3 is 5.97 Å². The van der Waals surface area contributed by atoms with Crippen LogP contribution < -0.4 is 0 Å². The number of fused-ring (bicyclic) bond motifs is 1. The Morgan fingerprint density at radius 1 is 1.11 bits per heavy atom. The van der Waals surface area contributed by atoms with Crippen molar-refractivity contribution in [3.8, 4) is 11.5 Å². The number of carbonyl (C=O) groups is 1. The van der Waals surface area contributed by atoms with Gasteiger partial charge < -0.3 is 13.6 Å². The third kappa shape index (κ3) is 4.20. The Morgan fingerprint density at radius 2 is 1.93 bits per heavy atom. The van der Waals surface area contributed by atoms with Gasteiger partial charge in [-0.15, -0.1) is 0 Å². The molecule has 0 aliphatic carbocycles. The van der Waals surface area contributed by atoms with E-state index in [2.05, 4.69) is 9.97 Å². The lowest BCUT2D eigenvalue weighted by atomic mass is 10.1. The van der Waals surface area contributed by atoms with E-state index < -0.39 is 0 Å². The molecule has 0 fully saturated rings. The number of ether oxygens (including phenoxy) is 1. The summed E-state index contributed by atoms with van der Waals surface area (Å²) in [6, 6.07) is 15.3. The first-order chi connectivity index (χ1) is 13.2. The fourth-order valence-corrected chi connectivity index (χ4v) is 3.07. The number of carbonyl (C=O) groups excluding carboxylic acids is 1. The summed E-state index contributed by atoms with van der Waals surface area (Å²) in [6.07, 6.45) is 1.50. The maximum Gasteiger partial charge on any atom is 0.316 e. The molecule has 2 aromatic carbocycles. The van der Waals surface area contributed by atoms with Crippen molar-refractivity contribution >= 4 is 28.8 Å². The highest BCUT2D eigenvalue weighted by Crippen LogP contribution is 2.23. The van der Waals surface area contributed by atoms with E-state index in [0.29, 0.717) is 22.4 Å². The van der Waals surface area contributed by atoms with Gasteiger partial charge in [-0.2, -0.15) is 0 Å². The maximum atomic E-state index is 11.9. The number of thioether (sulfide) groups is 1. The summed E-state index contributed by atoms with van der Waals surface area (Å²) in [6.45, 7) is 2.07. The van der Waals surface area contributed by atoms with Gasteiger partial charge in [-0.3, -0.25) is 4.79 Å². The Morgan fingerprint density at radius 3 is 2.74 bits per heavy atom. The first-order valence-electron chi connectivity index (χ1n) is 8.33. The van der Waals surface area contributed by atoms with Crippen LogP contribution in [-0.4, -0.2) is 21.7 Å². The van der Waals surface area contributed by atoms with Crippen molar-refractivity contribution in [1.29, 1.82) is 0 Å². The average molecular weight is 380 g/mol. The zero-order chi connectivity index (χ0) is 18.6. The fraction of sp³-hybridized carbons (Fsp3) is 0.150. The summed E-state index contributed by atoms with van der Waals surface area (Å²) in [5.41, 5.74) is 4.06. The molecule has 0 saturated heterocycles. The largest absolute Gasteiger partial charge is 0.458 e. The van der Waals surface area contributed by atoms with Crippen LogP contribution in [0.1, 0.15) is 11.3 Å². The molecular weight excluding hydrogens is 364 g/mol. The lowest BCUT2D eigenvalue weighted by molar-refractivity contribution is -0.141. The van der Waals surface area contributed by atoms with Crippen molar-refractivity contribution in [1.82, 2.24) is 9.97 Å². The van der Waals surface area contributed by atoms with Crippen molar-refractivity contribution < 1.29 is 18.4 Å². The van der Waals surface area contributed by atoms with Crippen LogP contribution in [0.25, 0.3) is 22.6 Å². The topological polar surface area (TPSA) is 78.4 Å². The van der Waals surface area contributed by atoms with Crippen LogP contribution in [0.2, 0.25) is 0 Å². The molecule has 2 aromatic heterocycles. The SMILES string of the molecule is Cc1ccc(-c2nc(COC(=O)CSc3nc4ccccc4o3)co2)cc1. The van der Waals surface area contributed by atoms with Gasteiger partial charge in [0.2, 0.25) is 5.89 Å². The van der Waals surface area contributed by atoms with Crippen LogP contribution in [0.3, 0.4) is 0 Å². The molecule has 6 nitrogen and oxygen atoms in total. The van der Waals surface area contributed by atoms with Gasteiger partial charge in [0.1, 0.15) is 29.8 Å². The number of benzene rings is 2. The summed E-state index contributed by atoms with van der Waals surface area (Å²) in [4.78, 5) is 20.6. The molecule has 0 amide bonds. The van der Waals surface area contributed by atoms with Crippen molar-refractivity contribution in [3.63, 3.8) is 0 Å². The second-order valence-electron chi connectivity index (χ2n) is 5.91. The molecule has 0 unspecified atom stereocenters. The smallest absolute Gasteiger partial charge is 0.316 e. The lowest BCUT2D eigenvalue weighted by Gasteiger charge is -2.00. The number of esters is 1. The van der Waals surface area contributed by atoms with E-state index in [1.165, 1.54) is 18.0 Å². The summed E-state index contributed by atoms with van der Waals surface area (Å²) in [7, 11) is 0. The van der Waals surface area contributed by atoms with E-state index in [0.717, 1.165) is 16.6 Å². The highest BCUT2D eigenvalue weighted by Gasteiger charge is 2.12. The third-order valence-electron chi connectivity index (χ3n) is 3.82. The normalized spacial score (nSPS) is 11.0. The molecule has 0 radical (unpaired) electrons. The zero-order valence-electron chi connectivity index (χ0n) is 14.5. The van der Waals surface area contributed by atoms with Crippen molar-refractivity contribution in [2.45, 2.75) is 18.8 Å². The molecule has 0 atom stereocenters. The fourth-order valence-electron chi connectivity index (χ4n) is 2.43. The molecule has 0 aliphatic heterocycles. The minimum absolute atomic E-state index is 0.0579. The molecule has 27 heavy (non-hydrogen) atoms. The second kappa shape index (κ2) is 7.67. The van der Waals surface area contributed by atoms with Crippen LogP contribution >= 0.6 is 11.8 Å². The molecule has 0 N–H and O–H groups in total. The summed E-state index contributed by atoms with van der Waals surface area (Å²) in [5.74, 6) is 0.235. The highest BCUT2D eigenvalue weighted by atomic mass is 32.2. The van der Waals surface area contributed by atoms with Gasteiger partial charge in [0.05, 0.1) is 0 Å². The summed E-state index contributed by atoms with van der Waals surface area (Å²) < 4.78 is 16.3. The van der Waals surface area contributed by atoms with Crippen molar-refractivity contribution in [2.24, 2.45) is 0 Å². The minimum atomic E-state index is -0.373. The monoisotopic (exact) mass is 380 g/mol. The Bertz CT molecular complexity index is 1040. The van der Waals surface area contributed by atoms with Gasteiger partial charge in [-0.1, -0.05) is 41.6 Å². The first kappa shape index (κ1) is 17.4.